The molecule has 0 aliphatic heterocycles. The topological polar surface area (TPSA) is 70.1 Å². The van der Waals surface area contributed by atoms with E-state index in [9.17, 15) is 4.79 Å². The first-order chi connectivity index (χ1) is 8.63. The number of aromatic nitrogens is 2. The van der Waals surface area contributed by atoms with Gasteiger partial charge >= 0.3 is 5.97 Å². The van der Waals surface area contributed by atoms with Crippen LogP contribution in [0.1, 0.15) is 17.3 Å². The molecule has 0 saturated carbocycles. The molecule has 0 aliphatic rings. The molecule has 0 unspecified atom stereocenters. The van der Waals surface area contributed by atoms with Gasteiger partial charge in [0.2, 0.25) is 0 Å². The van der Waals surface area contributed by atoms with Crippen LogP contribution in [0.3, 0.4) is 0 Å². The average molecular weight is 310 g/mol. The van der Waals surface area contributed by atoms with Gasteiger partial charge < -0.3 is 10.5 Å². The molecule has 94 valence electrons. The lowest BCUT2D eigenvalue weighted by atomic mass is 10.3. The highest BCUT2D eigenvalue weighted by atomic mass is 79.9. The summed E-state index contributed by atoms with van der Waals surface area (Å²) in [5.41, 5.74) is 6.07. The van der Waals surface area contributed by atoms with E-state index in [2.05, 4.69) is 21.0 Å². The van der Waals surface area contributed by atoms with E-state index in [4.69, 9.17) is 10.5 Å². The number of nitrogen functional groups attached to an aromatic ring is 1. The smallest absolute Gasteiger partial charge is 0.348 e. The Kier molecular flexibility index (Phi) is 3.66. The second-order valence-electron chi connectivity index (χ2n) is 3.58. The van der Waals surface area contributed by atoms with E-state index >= 15 is 0 Å². The Hall–Kier alpha value is -1.82. The first kappa shape index (κ1) is 12.6. The van der Waals surface area contributed by atoms with Crippen LogP contribution in [0.15, 0.2) is 34.9 Å². The van der Waals surface area contributed by atoms with Crippen LogP contribution >= 0.6 is 15.9 Å². The van der Waals surface area contributed by atoms with Gasteiger partial charge in [-0.25, -0.2) is 9.48 Å². The fourth-order valence-corrected chi connectivity index (χ4v) is 1.85. The number of rotatable bonds is 3. The summed E-state index contributed by atoms with van der Waals surface area (Å²) in [5, 5.41) is 4.00. The van der Waals surface area contributed by atoms with E-state index < -0.39 is 5.97 Å². The maximum absolute atomic E-state index is 11.9. The molecule has 18 heavy (non-hydrogen) atoms. The normalized spacial score (nSPS) is 10.3. The van der Waals surface area contributed by atoms with Crippen molar-refractivity contribution in [3.63, 3.8) is 0 Å². The van der Waals surface area contributed by atoms with Crippen molar-refractivity contribution in [2.24, 2.45) is 0 Å². The zero-order valence-corrected chi connectivity index (χ0v) is 11.3. The van der Waals surface area contributed by atoms with E-state index in [1.54, 1.807) is 18.2 Å². The Morgan fingerprint density at radius 2 is 2.22 bits per heavy atom. The van der Waals surface area contributed by atoms with E-state index in [1.165, 1.54) is 10.9 Å². The zero-order chi connectivity index (χ0) is 13.1. The summed E-state index contributed by atoms with van der Waals surface area (Å²) >= 11 is 3.31. The van der Waals surface area contributed by atoms with Crippen molar-refractivity contribution in [2.45, 2.75) is 13.5 Å². The third-order valence-corrected chi connectivity index (χ3v) is 3.09. The van der Waals surface area contributed by atoms with Crippen LogP contribution in [0.5, 0.6) is 5.75 Å². The molecular weight excluding hydrogens is 298 g/mol. The highest BCUT2D eigenvalue weighted by Crippen LogP contribution is 2.25. The Bertz CT molecular complexity index is 580. The standard InChI is InChI=1S/C12H12BrN3O2/c1-2-16-11(14)8(7-15-16)12(17)18-10-6-4-3-5-9(10)13/h3-7H,2,14H2,1H3. The summed E-state index contributed by atoms with van der Waals surface area (Å²) in [6.07, 6.45) is 1.41. The largest absolute Gasteiger partial charge is 0.422 e. The van der Waals surface area contributed by atoms with Crippen molar-refractivity contribution < 1.29 is 9.53 Å². The predicted molar refractivity (Wildman–Crippen MR) is 71.4 cm³/mol. The second-order valence-corrected chi connectivity index (χ2v) is 4.43. The molecule has 1 heterocycles. The van der Waals surface area contributed by atoms with Crippen LogP contribution < -0.4 is 10.5 Å². The average Bonchev–Trinajstić information content (AvgIpc) is 2.73. The fraction of sp³-hybridized carbons (Fsp3) is 0.167. The van der Waals surface area contributed by atoms with Gasteiger partial charge in [-0.05, 0) is 35.0 Å². The summed E-state index contributed by atoms with van der Waals surface area (Å²) in [6.45, 7) is 2.50. The van der Waals surface area contributed by atoms with Gasteiger partial charge in [-0.2, -0.15) is 5.10 Å². The highest BCUT2D eigenvalue weighted by Gasteiger charge is 2.17. The molecule has 0 aliphatic carbocycles. The number of para-hydroxylation sites is 1. The molecule has 1 aromatic heterocycles. The molecule has 0 radical (unpaired) electrons. The molecular formula is C12H12BrN3O2. The lowest BCUT2D eigenvalue weighted by Crippen LogP contribution is -2.12. The second kappa shape index (κ2) is 5.22. The Morgan fingerprint density at radius 1 is 1.50 bits per heavy atom. The summed E-state index contributed by atoms with van der Waals surface area (Å²) < 4.78 is 7.50. The number of hydrogen-bond donors (Lipinski definition) is 1. The molecule has 0 fully saturated rings. The van der Waals surface area contributed by atoms with Gasteiger partial charge in [0.05, 0.1) is 10.7 Å². The lowest BCUT2D eigenvalue weighted by molar-refractivity contribution is 0.0734. The minimum absolute atomic E-state index is 0.271. The number of aryl methyl sites for hydroxylation is 1. The Labute approximate surface area is 113 Å². The molecule has 0 bridgehead atoms. The quantitative estimate of drug-likeness (QED) is 0.698. The predicted octanol–water partition coefficient (Wildman–Crippen LogP) is 2.47. The molecule has 0 spiro atoms. The molecule has 6 heteroatoms. The number of nitrogens with two attached hydrogens (primary N) is 1. The molecule has 0 amide bonds. The summed E-state index contributed by atoms with van der Waals surface area (Å²) in [6, 6.07) is 7.11. The summed E-state index contributed by atoms with van der Waals surface area (Å²) in [5.74, 6) is 0.250. The highest BCUT2D eigenvalue weighted by molar-refractivity contribution is 9.10. The number of hydrogen-bond acceptors (Lipinski definition) is 4. The number of esters is 1. The number of halogens is 1. The number of anilines is 1. The zero-order valence-electron chi connectivity index (χ0n) is 9.76. The van der Waals surface area contributed by atoms with Crippen molar-refractivity contribution in [3.05, 3.63) is 40.5 Å². The fourth-order valence-electron chi connectivity index (χ4n) is 1.49. The molecule has 1 aromatic carbocycles. The number of benzene rings is 1. The number of nitrogens with zero attached hydrogens (tertiary/aromatic N) is 2. The van der Waals surface area contributed by atoms with Crippen LogP contribution in [-0.4, -0.2) is 15.7 Å². The number of carbonyl (C=O) groups is 1. The van der Waals surface area contributed by atoms with Crippen molar-refractivity contribution >= 4 is 27.7 Å². The summed E-state index contributed by atoms with van der Waals surface area (Å²) in [7, 11) is 0. The SMILES string of the molecule is CCn1ncc(C(=O)Oc2ccccc2Br)c1N. The summed E-state index contributed by atoms with van der Waals surface area (Å²) in [4.78, 5) is 11.9. The van der Waals surface area contributed by atoms with Gasteiger partial charge in [0, 0.05) is 6.54 Å². The van der Waals surface area contributed by atoms with Crippen LogP contribution in [0.25, 0.3) is 0 Å². The third kappa shape index (κ3) is 2.38. The van der Waals surface area contributed by atoms with Crippen LogP contribution in [0.4, 0.5) is 5.82 Å². The van der Waals surface area contributed by atoms with Crippen molar-refractivity contribution in [1.29, 1.82) is 0 Å². The van der Waals surface area contributed by atoms with Crippen LogP contribution in [0, 0.1) is 0 Å². The van der Waals surface area contributed by atoms with Crippen LogP contribution in [-0.2, 0) is 6.54 Å². The minimum atomic E-state index is -0.515. The van der Waals surface area contributed by atoms with Gasteiger partial charge in [0.15, 0.2) is 0 Å². The first-order valence-corrected chi connectivity index (χ1v) is 6.20. The number of carbonyl (C=O) groups excluding carboxylic acids is 1. The molecule has 2 N–H and O–H groups in total. The maximum Gasteiger partial charge on any atom is 0.348 e. The van der Waals surface area contributed by atoms with Crippen molar-refractivity contribution in [2.75, 3.05) is 5.73 Å². The van der Waals surface area contributed by atoms with E-state index in [-0.39, 0.29) is 5.56 Å². The number of ether oxygens (including phenoxy) is 1. The molecule has 2 rings (SSSR count). The molecule has 0 atom stereocenters. The van der Waals surface area contributed by atoms with Gasteiger partial charge in [0.1, 0.15) is 17.1 Å². The van der Waals surface area contributed by atoms with E-state index in [0.29, 0.717) is 22.6 Å². The minimum Gasteiger partial charge on any atom is -0.422 e. The van der Waals surface area contributed by atoms with Crippen LogP contribution in [0.2, 0.25) is 0 Å². The molecule has 5 nitrogen and oxygen atoms in total. The van der Waals surface area contributed by atoms with Gasteiger partial charge in [-0.15, -0.1) is 0 Å². The van der Waals surface area contributed by atoms with Crippen molar-refractivity contribution in [1.82, 2.24) is 9.78 Å². The Balaban J connectivity index is 2.22. The van der Waals surface area contributed by atoms with Gasteiger partial charge in [-0.3, -0.25) is 0 Å². The molecule has 0 saturated heterocycles. The van der Waals surface area contributed by atoms with Crippen molar-refractivity contribution in [3.8, 4) is 5.75 Å². The van der Waals surface area contributed by atoms with E-state index in [1.807, 2.05) is 13.0 Å². The van der Waals surface area contributed by atoms with E-state index in [0.717, 1.165) is 0 Å². The lowest BCUT2D eigenvalue weighted by Gasteiger charge is -2.05. The Morgan fingerprint density at radius 3 is 2.83 bits per heavy atom. The monoisotopic (exact) mass is 309 g/mol. The van der Waals surface area contributed by atoms with Gasteiger partial charge in [0.25, 0.3) is 0 Å². The van der Waals surface area contributed by atoms with Gasteiger partial charge in [-0.1, -0.05) is 12.1 Å². The maximum atomic E-state index is 11.9. The third-order valence-electron chi connectivity index (χ3n) is 2.44. The first-order valence-electron chi connectivity index (χ1n) is 5.41. The molecule has 2 aromatic rings.